The zero-order valence-corrected chi connectivity index (χ0v) is 17.0. The van der Waals surface area contributed by atoms with Gasteiger partial charge in [-0.1, -0.05) is 20.8 Å². The Bertz CT molecular complexity index is 497. The van der Waals surface area contributed by atoms with Crippen LogP contribution in [0.4, 0.5) is 0 Å². The number of piperidine rings is 1. The molecule has 0 amide bonds. The minimum absolute atomic E-state index is 0.119. The first-order valence-corrected chi connectivity index (χ1v) is 10.3. The fourth-order valence-corrected chi connectivity index (χ4v) is 5.91. The summed E-state index contributed by atoms with van der Waals surface area (Å²) in [5.74, 6) is 0.595. The lowest BCUT2D eigenvalue weighted by molar-refractivity contribution is -0.916. The van der Waals surface area contributed by atoms with Crippen molar-refractivity contribution in [1.82, 2.24) is 0 Å². The monoisotopic (exact) mass is 352 g/mol. The number of carbonyl (C=O) groups excluding carboxylic acids is 1. The Morgan fingerprint density at radius 1 is 1.20 bits per heavy atom. The van der Waals surface area contributed by atoms with E-state index in [1.165, 1.54) is 58.5 Å². The molecule has 0 aromatic heterocycles. The van der Waals surface area contributed by atoms with Gasteiger partial charge in [-0.15, -0.1) is 0 Å². The highest BCUT2D eigenvalue weighted by molar-refractivity contribution is 5.66. The van der Waals surface area contributed by atoms with Gasteiger partial charge in [-0.2, -0.15) is 0 Å². The number of ether oxygens (including phenoxy) is 2. The molecule has 0 aromatic rings. The molecule has 0 spiro atoms. The highest BCUT2D eigenvalue weighted by atomic mass is 16.6. The molecule has 144 valence electrons. The fourth-order valence-electron chi connectivity index (χ4n) is 5.91. The lowest BCUT2D eigenvalue weighted by Crippen LogP contribution is -2.53. The molecule has 4 nitrogen and oxygen atoms in total. The Morgan fingerprint density at radius 3 is 2.40 bits per heavy atom. The molecule has 2 bridgehead atoms. The number of fused-ring (bicyclic) bond motifs is 2. The molecule has 1 aliphatic heterocycles. The van der Waals surface area contributed by atoms with Gasteiger partial charge < -0.3 is 14.0 Å². The third kappa shape index (κ3) is 3.62. The Balaban J connectivity index is 1.61. The van der Waals surface area contributed by atoms with E-state index in [4.69, 9.17) is 9.47 Å². The van der Waals surface area contributed by atoms with E-state index in [0.29, 0.717) is 18.1 Å². The molecular weight excluding hydrogens is 314 g/mol. The maximum atomic E-state index is 11.6. The van der Waals surface area contributed by atoms with E-state index in [2.05, 4.69) is 27.8 Å². The van der Waals surface area contributed by atoms with Crippen LogP contribution in [0.1, 0.15) is 66.2 Å². The van der Waals surface area contributed by atoms with Gasteiger partial charge in [0.25, 0.3) is 0 Å². The van der Waals surface area contributed by atoms with Crippen molar-refractivity contribution in [3.05, 3.63) is 0 Å². The van der Waals surface area contributed by atoms with Crippen LogP contribution in [0.2, 0.25) is 0 Å². The first-order chi connectivity index (χ1) is 11.7. The number of quaternary nitrogens is 1. The molecule has 0 radical (unpaired) electrons. The highest BCUT2D eigenvalue weighted by Crippen LogP contribution is 2.66. The average Bonchev–Trinajstić information content (AvgIpc) is 2.85. The molecule has 3 rings (SSSR count). The molecule has 3 fully saturated rings. The number of esters is 1. The molecule has 25 heavy (non-hydrogen) atoms. The van der Waals surface area contributed by atoms with Crippen LogP contribution < -0.4 is 0 Å². The second-order valence-electron chi connectivity index (χ2n) is 9.97. The lowest BCUT2D eigenvalue weighted by atomic mass is 9.70. The first kappa shape index (κ1) is 19.2. The Labute approximate surface area is 153 Å². The van der Waals surface area contributed by atoms with Crippen molar-refractivity contribution in [2.45, 2.75) is 78.4 Å². The molecule has 4 atom stereocenters. The summed E-state index contributed by atoms with van der Waals surface area (Å²) < 4.78 is 13.1. The van der Waals surface area contributed by atoms with Crippen molar-refractivity contribution in [1.29, 1.82) is 0 Å². The molecule has 2 aliphatic carbocycles. The third-order valence-electron chi connectivity index (χ3n) is 8.07. The lowest BCUT2D eigenvalue weighted by Gasteiger charge is -2.41. The second-order valence-corrected chi connectivity index (χ2v) is 9.97. The molecular formula is C21H38NO3+. The number of carbonyl (C=O) groups is 1. The van der Waals surface area contributed by atoms with E-state index in [1.54, 1.807) is 0 Å². The smallest absolute Gasteiger partial charge is 0.303 e. The second kappa shape index (κ2) is 6.84. The molecule has 0 aromatic carbocycles. The van der Waals surface area contributed by atoms with E-state index in [-0.39, 0.29) is 17.5 Å². The van der Waals surface area contributed by atoms with Crippen molar-refractivity contribution in [3.8, 4) is 0 Å². The predicted molar refractivity (Wildman–Crippen MR) is 99.2 cm³/mol. The van der Waals surface area contributed by atoms with E-state index in [1.807, 2.05) is 0 Å². The summed E-state index contributed by atoms with van der Waals surface area (Å²) in [6.45, 7) is 12.6. The Kier molecular flexibility index (Phi) is 5.25. The largest absolute Gasteiger partial charge is 0.454 e. The van der Waals surface area contributed by atoms with Crippen molar-refractivity contribution in [2.75, 3.05) is 33.3 Å². The Hall–Kier alpha value is -0.610. The van der Waals surface area contributed by atoms with Crippen molar-refractivity contribution in [3.63, 3.8) is 0 Å². The molecule has 0 N–H and O–H groups in total. The summed E-state index contributed by atoms with van der Waals surface area (Å²) in [6.07, 6.45) is 7.86. The molecule has 3 aliphatic rings. The average molecular weight is 353 g/mol. The van der Waals surface area contributed by atoms with E-state index in [9.17, 15) is 4.79 Å². The minimum Gasteiger partial charge on any atom is -0.454 e. The summed E-state index contributed by atoms with van der Waals surface area (Å²) in [4.78, 5) is 11.6. The zero-order chi connectivity index (χ0) is 18.3. The summed E-state index contributed by atoms with van der Waals surface area (Å²) in [7, 11) is 2.30. The van der Waals surface area contributed by atoms with Gasteiger partial charge in [-0.25, -0.2) is 0 Å². The third-order valence-corrected chi connectivity index (χ3v) is 8.07. The van der Waals surface area contributed by atoms with Gasteiger partial charge in [-0.05, 0) is 55.3 Å². The Morgan fingerprint density at radius 2 is 1.88 bits per heavy atom. The molecule has 0 unspecified atom stereocenters. The summed E-state index contributed by atoms with van der Waals surface area (Å²) in [6, 6.07) is 0. The van der Waals surface area contributed by atoms with Crippen molar-refractivity contribution >= 4 is 5.97 Å². The van der Waals surface area contributed by atoms with Crippen LogP contribution in [0.3, 0.4) is 0 Å². The van der Waals surface area contributed by atoms with Crippen molar-refractivity contribution in [2.24, 2.45) is 16.7 Å². The van der Waals surface area contributed by atoms with Crippen LogP contribution >= 0.6 is 0 Å². The number of hydrogen-bond acceptors (Lipinski definition) is 3. The fraction of sp³-hybridized carbons (Fsp3) is 0.952. The highest BCUT2D eigenvalue weighted by Gasteiger charge is 2.62. The molecule has 1 saturated heterocycles. The molecule has 1 heterocycles. The molecule has 4 heteroatoms. The number of hydrogen-bond donors (Lipinski definition) is 0. The predicted octanol–water partition coefficient (Wildman–Crippen LogP) is 3.78. The van der Waals surface area contributed by atoms with Crippen molar-refractivity contribution < 1.29 is 18.8 Å². The van der Waals surface area contributed by atoms with E-state index >= 15 is 0 Å². The summed E-state index contributed by atoms with van der Waals surface area (Å²) in [5.41, 5.74) is 0.627. The maximum Gasteiger partial charge on any atom is 0.303 e. The number of likely N-dealkylation sites (tertiary alicyclic amines) is 1. The van der Waals surface area contributed by atoms with Crippen LogP contribution in [0, 0.1) is 16.7 Å². The molecule has 2 saturated carbocycles. The van der Waals surface area contributed by atoms with Gasteiger partial charge in [0, 0.05) is 6.92 Å². The van der Waals surface area contributed by atoms with Gasteiger partial charge in [-0.3, -0.25) is 4.79 Å². The van der Waals surface area contributed by atoms with Gasteiger partial charge in [0.1, 0.15) is 6.54 Å². The van der Waals surface area contributed by atoms with E-state index in [0.717, 1.165) is 16.9 Å². The van der Waals surface area contributed by atoms with Crippen LogP contribution in [0.5, 0.6) is 0 Å². The summed E-state index contributed by atoms with van der Waals surface area (Å²) >= 11 is 0. The summed E-state index contributed by atoms with van der Waals surface area (Å²) in [5, 5.41) is 0. The van der Waals surface area contributed by atoms with Gasteiger partial charge in [0.2, 0.25) is 0 Å². The zero-order valence-electron chi connectivity index (χ0n) is 17.0. The van der Waals surface area contributed by atoms with Crippen LogP contribution in [0.25, 0.3) is 0 Å². The quantitative estimate of drug-likeness (QED) is 0.539. The standard InChI is InChI=1S/C21H38NO3/c1-16(23)25-18(14-22(5)11-7-6-8-12-22)15-24-19-13-17-9-10-21(19,4)20(17,2)3/h17-19H,6-15H2,1-5H3/q+1/t17-,18-,19+,21-/m0/s1. The van der Waals surface area contributed by atoms with E-state index < -0.39 is 0 Å². The van der Waals surface area contributed by atoms with Gasteiger partial charge in [0.15, 0.2) is 6.10 Å². The number of rotatable bonds is 6. The SMILES string of the molecule is CC(=O)O[C@H](CO[C@@H]1C[C@@H]2CC[C@]1(C)C2(C)C)C[N+]1(C)CCCCC1. The van der Waals surface area contributed by atoms with Crippen LogP contribution in [-0.2, 0) is 14.3 Å². The topological polar surface area (TPSA) is 35.5 Å². The normalized spacial score (nSPS) is 37.0. The number of nitrogens with zero attached hydrogens (tertiary/aromatic N) is 1. The van der Waals surface area contributed by atoms with Gasteiger partial charge >= 0.3 is 5.97 Å². The first-order valence-electron chi connectivity index (χ1n) is 10.3. The maximum absolute atomic E-state index is 11.6. The van der Waals surface area contributed by atoms with Gasteiger partial charge in [0.05, 0.1) is 32.8 Å². The van der Waals surface area contributed by atoms with Crippen LogP contribution in [0.15, 0.2) is 0 Å². The number of likely N-dealkylation sites (N-methyl/N-ethyl adjacent to an activating group) is 1. The van der Waals surface area contributed by atoms with Crippen LogP contribution in [-0.4, -0.2) is 55.9 Å². The minimum atomic E-state index is -0.184.